The molecule has 2 heterocycles. The number of thiophene rings is 1. The van der Waals surface area contributed by atoms with Gasteiger partial charge < -0.3 is 10.2 Å². The number of carbonyl (C=O) groups excluding carboxylic acids is 1. The van der Waals surface area contributed by atoms with Crippen molar-refractivity contribution in [2.75, 3.05) is 20.6 Å². The van der Waals surface area contributed by atoms with E-state index in [1.54, 1.807) is 23.6 Å². The van der Waals surface area contributed by atoms with Gasteiger partial charge in [0.25, 0.3) is 5.91 Å². The SMILES string of the molecule is Cc1ccc(C(=O)NC[C@H](c2cccs2)N(C)C)cn1. The molecule has 1 N–H and O–H groups in total. The van der Waals surface area contributed by atoms with Crippen molar-refractivity contribution in [3.05, 3.63) is 52.0 Å². The summed E-state index contributed by atoms with van der Waals surface area (Å²) < 4.78 is 0. The number of hydrogen-bond donors (Lipinski definition) is 1. The Kier molecular flexibility index (Phi) is 4.87. The summed E-state index contributed by atoms with van der Waals surface area (Å²) in [6, 6.07) is 7.96. The number of carbonyl (C=O) groups is 1. The van der Waals surface area contributed by atoms with Crippen LogP contribution < -0.4 is 5.32 Å². The van der Waals surface area contributed by atoms with Crippen molar-refractivity contribution >= 4 is 17.2 Å². The highest BCUT2D eigenvalue weighted by atomic mass is 32.1. The van der Waals surface area contributed by atoms with E-state index in [0.717, 1.165) is 5.69 Å². The van der Waals surface area contributed by atoms with E-state index in [9.17, 15) is 4.79 Å². The zero-order chi connectivity index (χ0) is 14.5. The van der Waals surface area contributed by atoms with Gasteiger partial charge in [-0.15, -0.1) is 11.3 Å². The molecule has 0 aliphatic rings. The second-order valence-corrected chi connectivity index (χ2v) is 5.87. The van der Waals surface area contributed by atoms with E-state index >= 15 is 0 Å². The summed E-state index contributed by atoms with van der Waals surface area (Å²) in [5, 5.41) is 5.03. The van der Waals surface area contributed by atoms with Crippen molar-refractivity contribution in [1.29, 1.82) is 0 Å². The third kappa shape index (κ3) is 3.65. The van der Waals surface area contributed by atoms with Crippen molar-refractivity contribution in [2.45, 2.75) is 13.0 Å². The van der Waals surface area contributed by atoms with Crippen molar-refractivity contribution in [2.24, 2.45) is 0 Å². The highest BCUT2D eigenvalue weighted by molar-refractivity contribution is 7.10. The fourth-order valence-electron chi connectivity index (χ4n) is 1.91. The van der Waals surface area contributed by atoms with Gasteiger partial charge in [0, 0.05) is 23.3 Å². The van der Waals surface area contributed by atoms with E-state index in [2.05, 4.69) is 26.6 Å². The molecule has 0 aromatic carbocycles. The Hall–Kier alpha value is -1.72. The molecule has 2 rings (SSSR count). The Balaban J connectivity index is 1.99. The average molecular weight is 289 g/mol. The van der Waals surface area contributed by atoms with E-state index in [0.29, 0.717) is 12.1 Å². The molecule has 0 saturated carbocycles. The minimum Gasteiger partial charge on any atom is -0.350 e. The lowest BCUT2D eigenvalue weighted by atomic mass is 10.2. The molecule has 0 aliphatic carbocycles. The maximum absolute atomic E-state index is 12.1. The summed E-state index contributed by atoms with van der Waals surface area (Å²) in [6.07, 6.45) is 1.61. The predicted molar refractivity (Wildman–Crippen MR) is 82.1 cm³/mol. The van der Waals surface area contributed by atoms with Gasteiger partial charge in [-0.05, 0) is 44.6 Å². The number of pyridine rings is 1. The topological polar surface area (TPSA) is 45.2 Å². The lowest BCUT2D eigenvalue weighted by Gasteiger charge is -2.23. The summed E-state index contributed by atoms with van der Waals surface area (Å²) in [6.45, 7) is 2.49. The molecular formula is C15H19N3OS. The highest BCUT2D eigenvalue weighted by Gasteiger charge is 2.16. The molecule has 4 nitrogen and oxygen atoms in total. The number of hydrogen-bond acceptors (Lipinski definition) is 4. The molecule has 20 heavy (non-hydrogen) atoms. The number of nitrogens with zero attached hydrogens (tertiary/aromatic N) is 2. The van der Waals surface area contributed by atoms with E-state index in [-0.39, 0.29) is 11.9 Å². The van der Waals surface area contributed by atoms with E-state index < -0.39 is 0 Å². The second kappa shape index (κ2) is 6.63. The molecule has 0 fully saturated rings. The number of aromatic nitrogens is 1. The van der Waals surface area contributed by atoms with Crippen LogP contribution in [0.25, 0.3) is 0 Å². The minimum absolute atomic E-state index is 0.0825. The van der Waals surface area contributed by atoms with Gasteiger partial charge in [0.05, 0.1) is 11.6 Å². The number of rotatable bonds is 5. The largest absolute Gasteiger partial charge is 0.350 e. The van der Waals surface area contributed by atoms with Crippen LogP contribution in [0.15, 0.2) is 35.8 Å². The van der Waals surface area contributed by atoms with Gasteiger partial charge in [0.2, 0.25) is 0 Å². The maximum atomic E-state index is 12.1. The molecule has 0 bridgehead atoms. The number of nitrogens with one attached hydrogen (secondary N) is 1. The molecule has 1 amide bonds. The van der Waals surface area contributed by atoms with Crippen molar-refractivity contribution < 1.29 is 4.79 Å². The zero-order valence-corrected chi connectivity index (χ0v) is 12.8. The molecule has 106 valence electrons. The van der Waals surface area contributed by atoms with Crippen LogP contribution in [-0.2, 0) is 0 Å². The first-order valence-electron chi connectivity index (χ1n) is 6.48. The third-order valence-electron chi connectivity index (χ3n) is 3.12. The number of aryl methyl sites for hydroxylation is 1. The van der Waals surface area contributed by atoms with Crippen LogP contribution in [0.5, 0.6) is 0 Å². The van der Waals surface area contributed by atoms with Crippen LogP contribution in [0.2, 0.25) is 0 Å². The smallest absolute Gasteiger partial charge is 0.252 e. The standard InChI is InChI=1S/C15H19N3OS/c1-11-6-7-12(9-16-11)15(19)17-10-13(18(2)3)14-5-4-8-20-14/h4-9,13H,10H2,1-3H3,(H,17,19)/t13-/m1/s1. The molecule has 0 radical (unpaired) electrons. The normalized spacial score (nSPS) is 12.4. The molecule has 0 spiro atoms. The van der Waals surface area contributed by atoms with Crippen molar-refractivity contribution in [3.63, 3.8) is 0 Å². The zero-order valence-electron chi connectivity index (χ0n) is 12.0. The lowest BCUT2D eigenvalue weighted by molar-refractivity contribution is 0.0942. The Bertz CT molecular complexity index is 549. The Morgan fingerprint density at radius 3 is 2.75 bits per heavy atom. The minimum atomic E-state index is -0.0825. The van der Waals surface area contributed by atoms with E-state index in [4.69, 9.17) is 0 Å². The van der Waals surface area contributed by atoms with Crippen LogP contribution in [0.4, 0.5) is 0 Å². The summed E-state index contributed by atoms with van der Waals surface area (Å²) in [7, 11) is 4.04. The summed E-state index contributed by atoms with van der Waals surface area (Å²) in [5.74, 6) is -0.0825. The first-order valence-corrected chi connectivity index (χ1v) is 7.36. The van der Waals surface area contributed by atoms with Gasteiger partial charge in [-0.25, -0.2) is 0 Å². The second-order valence-electron chi connectivity index (χ2n) is 4.89. The summed E-state index contributed by atoms with van der Waals surface area (Å²) >= 11 is 1.70. The van der Waals surface area contributed by atoms with Crippen molar-refractivity contribution in [1.82, 2.24) is 15.2 Å². The van der Waals surface area contributed by atoms with Crippen LogP contribution in [0.3, 0.4) is 0 Å². The van der Waals surface area contributed by atoms with Crippen molar-refractivity contribution in [3.8, 4) is 0 Å². The average Bonchev–Trinajstić information content (AvgIpc) is 2.93. The summed E-state index contributed by atoms with van der Waals surface area (Å²) in [5.41, 5.74) is 1.51. The Labute approximate surface area is 123 Å². The van der Waals surface area contributed by atoms with Crippen LogP contribution in [0, 0.1) is 6.92 Å². The fourth-order valence-corrected chi connectivity index (χ4v) is 2.83. The monoisotopic (exact) mass is 289 g/mol. The first kappa shape index (κ1) is 14.7. The third-order valence-corrected chi connectivity index (χ3v) is 4.10. The quantitative estimate of drug-likeness (QED) is 0.920. The maximum Gasteiger partial charge on any atom is 0.252 e. The van der Waals surface area contributed by atoms with E-state index in [1.165, 1.54) is 4.88 Å². The number of likely N-dealkylation sites (N-methyl/N-ethyl adjacent to an activating group) is 1. The Morgan fingerprint density at radius 2 is 2.20 bits per heavy atom. The predicted octanol–water partition coefficient (Wildman–Crippen LogP) is 2.48. The fraction of sp³-hybridized carbons (Fsp3) is 0.333. The molecule has 2 aromatic heterocycles. The molecule has 0 unspecified atom stereocenters. The molecule has 0 saturated heterocycles. The molecular weight excluding hydrogens is 270 g/mol. The van der Waals surface area contributed by atoms with Crippen LogP contribution >= 0.6 is 11.3 Å². The Morgan fingerprint density at radius 1 is 1.40 bits per heavy atom. The summed E-state index contributed by atoms with van der Waals surface area (Å²) in [4.78, 5) is 19.6. The molecule has 5 heteroatoms. The van der Waals surface area contributed by atoms with Gasteiger partial charge in [-0.2, -0.15) is 0 Å². The highest BCUT2D eigenvalue weighted by Crippen LogP contribution is 2.22. The number of amides is 1. The van der Waals surface area contributed by atoms with Gasteiger partial charge in [-0.1, -0.05) is 6.07 Å². The van der Waals surface area contributed by atoms with Crippen LogP contribution in [0.1, 0.15) is 27.0 Å². The lowest BCUT2D eigenvalue weighted by Crippen LogP contribution is -2.34. The van der Waals surface area contributed by atoms with Crippen LogP contribution in [-0.4, -0.2) is 36.4 Å². The molecule has 0 aliphatic heterocycles. The van der Waals surface area contributed by atoms with Gasteiger partial charge in [0.15, 0.2) is 0 Å². The first-order chi connectivity index (χ1) is 9.58. The molecule has 1 atom stereocenters. The van der Waals surface area contributed by atoms with E-state index in [1.807, 2.05) is 33.2 Å². The van der Waals surface area contributed by atoms with Gasteiger partial charge in [-0.3, -0.25) is 9.78 Å². The molecule has 2 aromatic rings. The van der Waals surface area contributed by atoms with Gasteiger partial charge in [0.1, 0.15) is 0 Å². The van der Waals surface area contributed by atoms with Gasteiger partial charge >= 0.3 is 0 Å².